The zero-order chi connectivity index (χ0) is 14.1. The molecule has 1 N–H and O–H groups in total. The van der Waals surface area contributed by atoms with Gasteiger partial charge < -0.3 is 5.11 Å². The summed E-state index contributed by atoms with van der Waals surface area (Å²) in [6.45, 7) is 2.02. The standard InChI is InChI=1S/C17H15NO2/c1-12-6-8-14(9-7-12)16-15-5-3-2-4-13(15)10-11-18(16)17(19)20/h2-11,16H,1H3,(H,19,20). The number of hydrogen-bond donors (Lipinski definition) is 1. The van der Waals surface area contributed by atoms with E-state index in [2.05, 4.69) is 0 Å². The Morgan fingerprint density at radius 1 is 1.10 bits per heavy atom. The number of aryl methyl sites for hydroxylation is 1. The van der Waals surface area contributed by atoms with Gasteiger partial charge in [-0.15, -0.1) is 0 Å². The predicted octanol–water partition coefficient (Wildman–Crippen LogP) is 4.05. The van der Waals surface area contributed by atoms with Crippen LogP contribution in [0.4, 0.5) is 4.79 Å². The molecule has 2 aromatic rings. The molecule has 1 unspecified atom stereocenters. The second-order valence-electron chi connectivity index (χ2n) is 4.95. The number of benzene rings is 2. The Morgan fingerprint density at radius 2 is 1.80 bits per heavy atom. The highest BCUT2D eigenvalue weighted by Crippen LogP contribution is 2.35. The number of rotatable bonds is 1. The molecule has 3 rings (SSSR count). The molecule has 1 amide bonds. The van der Waals surface area contributed by atoms with Crippen LogP contribution in [0.2, 0.25) is 0 Å². The summed E-state index contributed by atoms with van der Waals surface area (Å²) in [6.07, 6.45) is 2.53. The quantitative estimate of drug-likeness (QED) is 0.845. The molecule has 0 saturated carbocycles. The van der Waals surface area contributed by atoms with Gasteiger partial charge in [0.05, 0.1) is 6.04 Å². The van der Waals surface area contributed by atoms with Crippen molar-refractivity contribution in [1.82, 2.24) is 4.90 Å². The summed E-state index contributed by atoms with van der Waals surface area (Å²) in [7, 11) is 0. The van der Waals surface area contributed by atoms with Crippen molar-refractivity contribution in [3.63, 3.8) is 0 Å². The Balaban J connectivity index is 2.14. The topological polar surface area (TPSA) is 40.5 Å². The van der Waals surface area contributed by atoms with Crippen LogP contribution in [0.5, 0.6) is 0 Å². The van der Waals surface area contributed by atoms with Crippen molar-refractivity contribution in [2.45, 2.75) is 13.0 Å². The summed E-state index contributed by atoms with van der Waals surface area (Å²) in [6, 6.07) is 15.6. The van der Waals surface area contributed by atoms with Gasteiger partial charge in [-0.3, -0.25) is 4.90 Å². The minimum Gasteiger partial charge on any atom is -0.465 e. The van der Waals surface area contributed by atoms with Crippen LogP contribution in [0.15, 0.2) is 54.7 Å². The zero-order valence-electron chi connectivity index (χ0n) is 11.2. The molecular weight excluding hydrogens is 250 g/mol. The maximum atomic E-state index is 11.5. The maximum Gasteiger partial charge on any atom is 0.412 e. The number of carboxylic acid groups (broad SMARTS) is 1. The van der Waals surface area contributed by atoms with Crippen LogP contribution in [-0.4, -0.2) is 16.1 Å². The van der Waals surface area contributed by atoms with Crippen LogP contribution in [0, 0.1) is 6.92 Å². The van der Waals surface area contributed by atoms with Gasteiger partial charge in [-0.2, -0.15) is 0 Å². The van der Waals surface area contributed by atoms with E-state index in [4.69, 9.17) is 0 Å². The van der Waals surface area contributed by atoms with E-state index in [-0.39, 0.29) is 6.04 Å². The van der Waals surface area contributed by atoms with Gasteiger partial charge in [-0.1, -0.05) is 54.1 Å². The fourth-order valence-corrected chi connectivity index (χ4v) is 2.57. The van der Waals surface area contributed by atoms with E-state index in [1.54, 1.807) is 6.20 Å². The summed E-state index contributed by atoms with van der Waals surface area (Å²) in [4.78, 5) is 12.8. The van der Waals surface area contributed by atoms with Gasteiger partial charge in [0.2, 0.25) is 0 Å². The fourth-order valence-electron chi connectivity index (χ4n) is 2.57. The molecule has 3 nitrogen and oxygen atoms in total. The molecule has 0 spiro atoms. The molecule has 0 bridgehead atoms. The normalized spacial score (nSPS) is 16.9. The monoisotopic (exact) mass is 265 g/mol. The SMILES string of the molecule is Cc1ccc(C2c3ccccc3C=CN2C(=O)O)cc1. The molecule has 20 heavy (non-hydrogen) atoms. The first-order valence-corrected chi connectivity index (χ1v) is 6.52. The summed E-state index contributed by atoms with van der Waals surface area (Å²) < 4.78 is 0. The van der Waals surface area contributed by atoms with Crippen LogP contribution in [-0.2, 0) is 0 Å². The van der Waals surface area contributed by atoms with Crippen LogP contribution in [0.1, 0.15) is 28.3 Å². The van der Waals surface area contributed by atoms with Crippen molar-refractivity contribution in [2.24, 2.45) is 0 Å². The van der Waals surface area contributed by atoms with Gasteiger partial charge in [-0.25, -0.2) is 4.79 Å². The Hall–Kier alpha value is -2.55. The molecule has 1 heterocycles. The van der Waals surface area contributed by atoms with Gasteiger partial charge in [0.15, 0.2) is 0 Å². The van der Waals surface area contributed by atoms with Gasteiger partial charge >= 0.3 is 6.09 Å². The van der Waals surface area contributed by atoms with Crippen molar-refractivity contribution in [3.8, 4) is 0 Å². The van der Waals surface area contributed by atoms with E-state index >= 15 is 0 Å². The molecule has 0 aromatic heterocycles. The molecule has 1 aliphatic rings. The Morgan fingerprint density at radius 3 is 2.50 bits per heavy atom. The van der Waals surface area contributed by atoms with Gasteiger partial charge in [0.1, 0.15) is 0 Å². The van der Waals surface area contributed by atoms with E-state index in [0.29, 0.717) is 0 Å². The predicted molar refractivity (Wildman–Crippen MR) is 78.4 cm³/mol. The van der Waals surface area contributed by atoms with E-state index < -0.39 is 6.09 Å². The number of nitrogens with zero attached hydrogens (tertiary/aromatic N) is 1. The van der Waals surface area contributed by atoms with E-state index in [9.17, 15) is 9.90 Å². The summed E-state index contributed by atoms with van der Waals surface area (Å²) in [5.74, 6) is 0. The van der Waals surface area contributed by atoms with E-state index in [0.717, 1.165) is 22.3 Å². The van der Waals surface area contributed by atoms with Crippen LogP contribution in [0.25, 0.3) is 6.08 Å². The Labute approximate surface area is 117 Å². The smallest absolute Gasteiger partial charge is 0.412 e. The highest BCUT2D eigenvalue weighted by molar-refractivity contribution is 5.73. The van der Waals surface area contributed by atoms with Crippen LogP contribution in [0.3, 0.4) is 0 Å². The summed E-state index contributed by atoms with van der Waals surface area (Å²) in [5.41, 5.74) is 4.22. The van der Waals surface area contributed by atoms with Crippen molar-refractivity contribution in [3.05, 3.63) is 77.0 Å². The summed E-state index contributed by atoms with van der Waals surface area (Å²) >= 11 is 0. The minimum absolute atomic E-state index is 0.283. The lowest BCUT2D eigenvalue weighted by molar-refractivity contribution is 0.153. The first-order valence-electron chi connectivity index (χ1n) is 6.52. The molecule has 0 saturated heterocycles. The second-order valence-corrected chi connectivity index (χ2v) is 4.95. The van der Waals surface area contributed by atoms with Crippen molar-refractivity contribution in [2.75, 3.05) is 0 Å². The second kappa shape index (κ2) is 4.85. The molecular formula is C17H15NO2. The first-order chi connectivity index (χ1) is 9.66. The lowest BCUT2D eigenvalue weighted by Crippen LogP contribution is -2.31. The molecule has 0 radical (unpaired) electrons. The molecule has 1 aliphatic heterocycles. The molecule has 0 aliphatic carbocycles. The van der Waals surface area contributed by atoms with Crippen molar-refractivity contribution in [1.29, 1.82) is 0 Å². The van der Waals surface area contributed by atoms with Crippen molar-refractivity contribution >= 4 is 12.2 Å². The number of hydrogen-bond acceptors (Lipinski definition) is 1. The largest absolute Gasteiger partial charge is 0.465 e. The molecule has 100 valence electrons. The minimum atomic E-state index is -0.943. The average molecular weight is 265 g/mol. The Bertz CT molecular complexity index is 674. The molecule has 0 fully saturated rings. The highest BCUT2D eigenvalue weighted by Gasteiger charge is 2.28. The Kier molecular flexibility index (Phi) is 3.03. The lowest BCUT2D eigenvalue weighted by Gasteiger charge is -2.31. The van der Waals surface area contributed by atoms with Gasteiger partial charge in [0.25, 0.3) is 0 Å². The molecule has 3 heteroatoms. The average Bonchev–Trinajstić information content (AvgIpc) is 2.47. The van der Waals surface area contributed by atoms with E-state index in [1.807, 2.05) is 61.5 Å². The molecule has 2 aromatic carbocycles. The van der Waals surface area contributed by atoms with Crippen LogP contribution >= 0.6 is 0 Å². The third-order valence-electron chi connectivity index (χ3n) is 3.60. The third kappa shape index (κ3) is 2.07. The summed E-state index contributed by atoms with van der Waals surface area (Å²) in [5, 5.41) is 9.42. The number of carbonyl (C=O) groups is 1. The number of amides is 1. The van der Waals surface area contributed by atoms with Gasteiger partial charge in [0, 0.05) is 6.20 Å². The van der Waals surface area contributed by atoms with E-state index in [1.165, 1.54) is 4.90 Å². The lowest BCUT2D eigenvalue weighted by atomic mass is 9.91. The van der Waals surface area contributed by atoms with Crippen molar-refractivity contribution < 1.29 is 9.90 Å². The molecule has 1 atom stereocenters. The fraction of sp³-hybridized carbons (Fsp3) is 0.118. The van der Waals surface area contributed by atoms with Gasteiger partial charge in [-0.05, 0) is 29.7 Å². The van der Waals surface area contributed by atoms with Crippen LogP contribution < -0.4 is 0 Å². The highest BCUT2D eigenvalue weighted by atomic mass is 16.4. The zero-order valence-corrected chi connectivity index (χ0v) is 11.2. The third-order valence-corrected chi connectivity index (χ3v) is 3.60. The first kappa shape index (κ1) is 12.5. The maximum absolute atomic E-state index is 11.5. The number of fused-ring (bicyclic) bond motifs is 1.